The lowest BCUT2D eigenvalue weighted by Crippen LogP contribution is -2.44. The van der Waals surface area contributed by atoms with Crippen LogP contribution in [0.1, 0.15) is 46.8 Å². The van der Waals surface area contributed by atoms with Crippen molar-refractivity contribution in [1.29, 1.82) is 0 Å². The second-order valence-electron chi connectivity index (χ2n) is 8.16. The molecule has 5 heteroatoms. The van der Waals surface area contributed by atoms with E-state index in [0.717, 1.165) is 38.0 Å². The van der Waals surface area contributed by atoms with Gasteiger partial charge in [0.05, 0.1) is 0 Å². The number of rotatable bonds is 6. The van der Waals surface area contributed by atoms with Crippen molar-refractivity contribution in [2.45, 2.75) is 45.3 Å². The Balaban J connectivity index is 1.27. The Labute approximate surface area is 172 Å². The average Bonchev–Trinajstić information content (AvgIpc) is 3.16. The predicted molar refractivity (Wildman–Crippen MR) is 113 cm³/mol. The minimum atomic E-state index is -0.0435. The maximum atomic E-state index is 12.5. The van der Waals surface area contributed by atoms with E-state index in [1.54, 1.807) is 0 Å². The highest BCUT2D eigenvalue weighted by atomic mass is 16.2. The van der Waals surface area contributed by atoms with Gasteiger partial charge in [-0.3, -0.25) is 14.5 Å². The van der Waals surface area contributed by atoms with Crippen LogP contribution in [0.2, 0.25) is 0 Å². The van der Waals surface area contributed by atoms with Gasteiger partial charge in [0.1, 0.15) is 0 Å². The van der Waals surface area contributed by atoms with Crippen LogP contribution in [0.5, 0.6) is 0 Å². The van der Waals surface area contributed by atoms with Crippen LogP contribution >= 0.6 is 0 Å². The number of hydrogen-bond acceptors (Lipinski definition) is 3. The van der Waals surface area contributed by atoms with Crippen LogP contribution < -0.4 is 5.32 Å². The van der Waals surface area contributed by atoms with Gasteiger partial charge in [0.15, 0.2) is 0 Å². The Morgan fingerprint density at radius 3 is 2.52 bits per heavy atom. The zero-order valence-corrected chi connectivity index (χ0v) is 17.1. The summed E-state index contributed by atoms with van der Waals surface area (Å²) in [4.78, 5) is 28.6. The van der Waals surface area contributed by atoms with Gasteiger partial charge in [-0.2, -0.15) is 0 Å². The Bertz CT molecular complexity index is 878. The van der Waals surface area contributed by atoms with Crippen molar-refractivity contribution in [3.63, 3.8) is 0 Å². The van der Waals surface area contributed by atoms with Crippen molar-refractivity contribution >= 4 is 11.8 Å². The maximum Gasteiger partial charge on any atom is 0.251 e. The van der Waals surface area contributed by atoms with Gasteiger partial charge < -0.3 is 10.2 Å². The number of likely N-dealkylation sites (tertiary alicyclic amines) is 1. The third-order valence-corrected chi connectivity index (χ3v) is 6.10. The summed E-state index contributed by atoms with van der Waals surface area (Å²) in [6, 6.07) is 16.5. The second-order valence-corrected chi connectivity index (χ2v) is 8.16. The van der Waals surface area contributed by atoms with E-state index < -0.39 is 0 Å². The highest BCUT2D eigenvalue weighted by molar-refractivity contribution is 5.94. The smallest absolute Gasteiger partial charge is 0.251 e. The molecule has 1 N–H and O–H groups in total. The molecule has 1 atom stereocenters. The summed E-state index contributed by atoms with van der Waals surface area (Å²) in [6.45, 7) is 6.23. The van der Waals surface area contributed by atoms with Crippen LogP contribution in [0, 0.1) is 0 Å². The molecule has 0 aromatic heterocycles. The highest BCUT2D eigenvalue weighted by Crippen LogP contribution is 2.20. The van der Waals surface area contributed by atoms with Gasteiger partial charge >= 0.3 is 0 Å². The number of carbonyl (C=O) groups excluding carboxylic acids is 2. The number of hydrogen-bond donors (Lipinski definition) is 1. The summed E-state index contributed by atoms with van der Waals surface area (Å²) < 4.78 is 0. The quantitative estimate of drug-likeness (QED) is 0.824. The zero-order valence-electron chi connectivity index (χ0n) is 17.1. The highest BCUT2D eigenvalue weighted by Gasteiger charge is 2.22. The Morgan fingerprint density at radius 1 is 1.03 bits per heavy atom. The molecule has 0 radical (unpaired) electrons. The standard InChI is InChI=1S/C24H29N3O2/c1-18(26-14-12-20-5-2-3-6-22(20)17-26)15-25-24(29)21-10-8-19(9-11-21)16-27-13-4-7-23(27)28/h2-3,5-6,8-11,18H,4,7,12-17H2,1H3,(H,25,29). The summed E-state index contributed by atoms with van der Waals surface area (Å²) in [5, 5.41) is 3.07. The summed E-state index contributed by atoms with van der Waals surface area (Å²) in [6.07, 6.45) is 2.66. The molecule has 0 bridgehead atoms. The molecule has 4 rings (SSSR count). The molecule has 2 aromatic carbocycles. The molecule has 1 saturated heterocycles. The first-order chi connectivity index (χ1) is 14.1. The minimum Gasteiger partial charge on any atom is -0.350 e. The van der Waals surface area contributed by atoms with E-state index in [9.17, 15) is 9.59 Å². The fourth-order valence-corrected chi connectivity index (χ4v) is 4.22. The topological polar surface area (TPSA) is 52.7 Å². The lowest BCUT2D eigenvalue weighted by molar-refractivity contribution is -0.128. The van der Waals surface area contributed by atoms with Crippen molar-refractivity contribution in [3.05, 3.63) is 70.8 Å². The van der Waals surface area contributed by atoms with Crippen LogP contribution in [0.15, 0.2) is 48.5 Å². The number of fused-ring (bicyclic) bond motifs is 1. The van der Waals surface area contributed by atoms with Crippen LogP contribution in [-0.4, -0.2) is 47.3 Å². The van der Waals surface area contributed by atoms with Gasteiger partial charge in [-0.15, -0.1) is 0 Å². The molecule has 0 aliphatic carbocycles. The van der Waals surface area contributed by atoms with Gasteiger partial charge in [0.25, 0.3) is 5.91 Å². The van der Waals surface area contributed by atoms with Gasteiger partial charge in [-0.1, -0.05) is 36.4 Å². The number of nitrogens with one attached hydrogen (secondary N) is 1. The number of benzene rings is 2. The maximum absolute atomic E-state index is 12.5. The molecule has 2 aliphatic rings. The van der Waals surface area contributed by atoms with Crippen molar-refractivity contribution in [3.8, 4) is 0 Å². The van der Waals surface area contributed by atoms with E-state index in [1.807, 2.05) is 29.2 Å². The van der Waals surface area contributed by atoms with Gasteiger partial charge in [-0.25, -0.2) is 0 Å². The molecule has 1 unspecified atom stereocenters. The molecule has 2 heterocycles. The van der Waals surface area contributed by atoms with E-state index in [0.29, 0.717) is 25.1 Å². The van der Waals surface area contributed by atoms with Crippen LogP contribution in [-0.2, 0) is 24.3 Å². The van der Waals surface area contributed by atoms with Crippen molar-refractivity contribution in [2.24, 2.45) is 0 Å². The van der Waals surface area contributed by atoms with E-state index in [1.165, 1.54) is 11.1 Å². The molecule has 2 aliphatic heterocycles. The van der Waals surface area contributed by atoms with Crippen LogP contribution in [0.25, 0.3) is 0 Å². The Kier molecular flexibility index (Phi) is 5.95. The molecule has 2 amide bonds. The molecule has 29 heavy (non-hydrogen) atoms. The van der Waals surface area contributed by atoms with E-state index >= 15 is 0 Å². The fraction of sp³-hybridized carbons (Fsp3) is 0.417. The summed E-state index contributed by atoms with van der Waals surface area (Å²) in [7, 11) is 0. The molecular formula is C24H29N3O2. The van der Waals surface area contributed by atoms with E-state index in [-0.39, 0.29) is 17.9 Å². The third-order valence-electron chi connectivity index (χ3n) is 6.10. The van der Waals surface area contributed by atoms with Gasteiger partial charge in [-0.05, 0) is 48.6 Å². The molecule has 0 spiro atoms. The minimum absolute atomic E-state index is 0.0435. The van der Waals surface area contributed by atoms with Gasteiger partial charge in [0, 0.05) is 50.7 Å². The Morgan fingerprint density at radius 2 is 1.79 bits per heavy atom. The SMILES string of the molecule is CC(CNC(=O)c1ccc(CN2CCCC2=O)cc1)N1CCc2ccccc2C1. The van der Waals surface area contributed by atoms with Gasteiger partial charge in [0.2, 0.25) is 5.91 Å². The first-order valence-corrected chi connectivity index (χ1v) is 10.6. The average molecular weight is 392 g/mol. The van der Waals surface area contributed by atoms with E-state index in [4.69, 9.17) is 0 Å². The lowest BCUT2D eigenvalue weighted by Gasteiger charge is -2.33. The first-order valence-electron chi connectivity index (χ1n) is 10.6. The third kappa shape index (κ3) is 4.67. The largest absolute Gasteiger partial charge is 0.350 e. The fourth-order valence-electron chi connectivity index (χ4n) is 4.22. The lowest BCUT2D eigenvalue weighted by atomic mass is 9.99. The van der Waals surface area contributed by atoms with Crippen molar-refractivity contribution in [1.82, 2.24) is 15.1 Å². The summed E-state index contributed by atoms with van der Waals surface area (Å²) in [5.41, 5.74) is 4.56. The molecule has 0 saturated carbocycles. The van der Waals surface area contributed by atoms with Crippen LogP contribution in [0.3, 0.4) is 0 Å². The predicted octanol–water partition coefficient (Wildman–Crippen LogP) is 2.99. The number of nitrogens with zero attached hydrogens (tertiary/aromatic N) is 2. The monoisotopic (exact) mass is 391 g/mol. The number of amides is 2. The van der Waals surface area contributed by atoms with Crippen molar-refractivity contribution in [2.75, 3.05) is 19.6 Å². The molecule has 2 aromatic rings. The van der Waals surface area contributed by atoms with Crippen LogP contribution in [0.4, 0.5) is 0 Å². The summed E-state index contributed by atoms with van der Waals surface area (Å²) >= 11 is 0. The number of carbonyl (C=O) groups is 2. The molecule has 5 nitrogen and oxygen atoms in total. The molecular weight excluding hydrogens is 362 g/mol. The van der Waals surface area contributed by atoms with E-state index in [2.05, 4.69) is 41.4 Å². The zero-order chi connectivity index (χ0) is 20.2. The first kappa shape index (κ1) is 19.6. The summed E-state index contributed by atoms with van der Waals surface area (Å²) in [5.74, 6) is 0.180. The normalized spacial score (nSPS) is 17.8. The molecule has 152 valence electrons. The van der Waals surface area contributed by atoms with Crippen molar-refractivity contribution < 1.29 is 9.59 Å². The Hall–Kier alpha value is -2.66. The second kappa shape index (κ2) is 8.78. The molecule has 1 fully saturated rings.